The summed E-state index contributed by atoms with van der Waals surface area (Å²) in [6, 6.07) is 13.8. The molecule has 1 saturated carbocycles. The second kappa shape index (κ2) is 9.87. The zero-order valence-electron chi connectivity index (χ0n) is 16.3. The van der Waals surface area contributed by atoms with Crippen LogP contribution in [-0.4, -0.2) is 22.9 Å². The largest absolute Gasteiger partial charge is 0.478 e. The SMILES string of the molecule is O=C(Cc1ccc(C(=O)O)cc1)NCc1cccc(NC(=O)C2CCCCC2)c1. The van der Waals surface area contributed by atoms with Crippen LogP contribution in [0.4, 0.5) is 5.69 Å². The summed E-state index contributed by atoms with van der Waals surface area (Å²) < 4.78 is 0. The average molecular weight is 394 g/mol. The van der Waals surface area contributed by atoms with Crippen molar-refractivity contribution < 1.29 is 19.5 Å². The number of carbonyl (C=O) groups excluding carboxylic acids is 2. The number of rotatable bonds is 7. The predicted octanol–water partition coefficient (Wildman–Crippen LogP) is 3.76. The molecule has 2 aromatic carbocycles. The number of hydrogen-bond acceptors (Lipinski definition) is 3. The Bertz CT molecular complexity index is 871. The van der Waals surface area contributed by atoms with Gasteiger partial charge in [0.1, 0.15) is 0 Å². The van der Waals surface area contributed by atoms with Crippen molar-refractivity contribution in [2.75, 3.05) is 5.32 Å². The number of carbonyl (C=O) groups is 3. The molecule has 1 aliphatic rings. The molecule has 0 aliphatic heterocycles. The van der Waals surface area contributed by atoms with E-state index in [1.807, 2.05) is 24.3 Å². The van der Waals surface area contributed by atoms with Crippen LogP contribution in [0.2, 0.25) is 0 Å². The molecule has 2 amide bonds. The Morgan fingerprint density at radius 3 is 2.34 bits per heavy atom. The minimum absolute atomic E-state index is 0.0793. The molecule has 0 aromatic heterocycles. The first-order chi connectivity index (χ1) is 14.0. The van der Waals surface area contributed by atoms with Gasteiger partial charge in [0.05, 0.1) is 12.0 Å². The first-order valence-corrected chi connectivity index (χ1v) is 10.00. The summed E-state index contributed by atoms with van der Waals surface area (Å²) in [4.78, 5) is 35.4. The van der Waals surface area contributed by atoms with E-state index in [1.54, 1.807) is 12.1 Å². The van der Waals surface area contributed by atoms with Gasteiger partial charge < -0.3 is 15.7 Å². The third-order valence-electron chi connectivity index (χ3n) is 5.23. The molecular weight excluding hydrogens is 368 g/mol. The lowest BCUT2D eigenvalue weighted by molar-refractivity contribution is -0.121. The van der Waals surface area contributed by atoms with Gasteiger partial charge in [-0.15, -0.1) is 0 Å². The van der Waals surface area contributed by atoms with Gasteiger partial charge in [0.25, 0.3) is 0 Å². The highest BCUT2D eigenvalue weighted by Crippen LogP contribution is 2.25. The quantitative estimate of drug-likeness (QED) is 0.666. The molecule has 6 nitrogen and oxygen atoms in total. The summed E-state index contributed by atoms with van der Waals surface area (Å²) in [5, 5.41) is 14.8. The molecule has 0 atom stereocenters. The van der Waals surface area contributed by atoms with Crippen LogP contribution in [0, 0.1) is 5.92 Å². The standard InChI is InChI=1S/C23H26N2O4/c26-21(14-16-9-11-19(12-10-16)23(28)29)24-15-17-5-4-8-20(13-17)25-22(27)18-6-2-1-3-7-18/h4-5,8-13,18H,1-3,6-7,14-15H2,(H,24,26)(H,25,27)(H,28,29). The van der Waals surface area contributed by atoms with Crippen molar-refractivity contribution in [1.82, 2.24) is 5.32 Å². The third-order valence-corrected chi connectivity index (χ3v) is 5.23. The summed E-state index contributed by atoms with van der Waals surface area (Å²) in [7, 11) is 0. The molecule has 6 heteroatoms. The molecule has 3 rings (SSSR count). The maximum Gasteiger partial charge on any atom is 0.335 e. The van der Waals surface area contributed by atoms with Crippen LogP contribution in [-0.2, 0) is 22.6 Å². The van der Waals surface area contributed by atoms with Gasteiger partial charge >= 0.3 is 5.97 Å². The Hall–Kier alpha value is -3.15. The number of aromatic carboxylic acids is 1. The number of anilines is 1. The van der Waals surface area contributed by atoms with Crippen LogP contribution in [0.15, 0.2) is 48.5 Å². The lowest BCUT2D eigenvalue weighted by Crippen LogP contribution is -2.25. The third kappa shape index (κ3) is 6.17. The van der Waals surface area contributed by atoms with E-state index in [9.17, 15) is 14.4 Å². The fourth-order valence-corrected chi connectivity index (χ4v) is 3.58. The van der Waals surface area contributed by atoms with Gasteiger partial charge in [0.15, 0.2) is 0 Å². The van der Waals surface area contributed by atoms with Gasteiger partial charge in [0, 0.05) is 18.2 Å². The Morgan fingerprint density at radius 1 is 0.931 bits per heavy atom. The predicted molar refractivity (Wildman–Crippen MR) is 111 cm³/mol. The Morgan fingerprint density at radius 2 is 1.66 bits per heavy atom. The topological polar surface area (TPSA) is 95.5 Å². The first-order valence-electron chi connectivity index (χ1n) is 10.00. The molecule has 0 heterocycles. The Labute approximate surface area is 170 Å². The molecule has 152 valence electrons. The van der Waals surface area contributed by atoms with E-state index in [1.165, 1.54) is 18.6 Å². The van der Waals surface area contributed by atoms with Crippen molar-refractivity contribution in [3.8, 4) is 0 Å². The van der Waals surface area contributed by atoms with Crippen LogP contribution < -0.4 is 10.6 Å². The van der Waals surface area contributed by atoms with E-state index in [0.29, 0.717) is 6.54 Å². The van der Waals surface area contributed by atoms with Crippen molar-refractivity contribution in [2.45, 2.75) is 45.1 Å². The molecule has 0 bridgehead atoms. The van der Waals surface area contributed by atoms with Gasteiger partial charge in [-0.05, 0) is 48.2 Å². The summed E-state index contributed by atoms with van der Waals surface area (Å²) >= 11 is 0. The summed E-state index contributed by atoms with van der Waals surface area (Å²) in [5.74, 6) is -0.962. The van der Waals surface area contributed by atoms with Crippen molar-refractivity contribution in [3.63, 3.8) is 0 Å². The number of benzene rings is 2. The number of amides is 2. The molecule has 0 radical (unpaired) electrons. The fraction of sp³-hybridized carbons (Fsp3) is 0.348. The Balaban J connectivity index is 1.50. The molecular formula is C23H26N2O4. The number of nitrogens with one attached hydrogen (secondary N) is 2. The lowest BCUT2D eigenvalue weighted by atomic mass is 9.88. The van der Waals surface area contributed by atoms with Gasteiger partial charge in [-0.2, -0.15) is 0 Å². The number of hydrogen-bond donors (Lipinski definition) is 3. The zero-order valence-corrected chi connectivity index (χ0v) is 16.3. The van der Waals surface area contributed by atoms with Crippen LogP contribution in [0.1, 0.15) is 53.6 Å². The highest BCUT2D eigenvalue weighted by molar-refractivity contribution is 5.92. The van der Waals surface area contributed by atoms with Crippen LogP contribution >= 0.6 is 0 Å². The van der Waals surface area contributed by atoms with E-state index < -0.39 is 5.97 Å². The van der Waals surface area contributed by atoms with Crippen molar-refractivity contribution in [3.05, 3.63) is 65.2 Å². The summed E-state index contributed by atoms with van der Waals surface area (Å²) in [5.41, 5.74) is 2.60. The van der Waals surface area contributed by atoms with Gasteiger partial charge in [-0.3, -0.25) is 9.59 Å². The van der Waals surface area contributed by atoms with Gasteiger partial charge in [-0.25, -0.2) is 4.79 Å². The number of carboxylic acid groups (broad SMARTS) is 1. The van der Waals surface area contributed by atoms with Crippen LogP contribution in [0.5, 0.6) is 0 Å². The molecule has 0 spiro atoms. The van der Waals surface area contributed by atoms with E-state index in [-0.39, 0.29) is 29.7 Å². The van der Waals surface area contributed by atoms with Crippen LogP contribution in [0.3, 0.4) is 0 Å². The van der Waals surface area contributed by atoms with Crippen LogP contribution in [0.25, 0.3) is 0 Å². The van der Waals surface area contributed by atoms with Crippen molar-refractivity contribution in [2.24, 2.45) is 5.92 Å². The molecule has 1 aliphatic carbocycles. The normalized spacial score (nSPS) is 14.2. The lowest BCUT2D eigenvalue weighted by Gasteiger charge is -2.20. The second-order valence-electron chi connectivity index (χ2n) is 7.48. The van der Waals surface area contributed by atoms with E-state index in [2.05, 4.69) is 10.6 Å². The Kier molecular flexibility index (Phi) is 7.00. The fourth-order valence-electron chi connectivity index (χ4n) is 3.58. The van der Waals surface area contributed by atoms with Crippen molar-refractivity contribution in [1.29, 1.82) is 0 Å². The van der Waals surface area contributed by atoms with E-state index in [0.717, 1.165) is 42.5 Å². The van der Waals surface area contributed by atoms with E-state index >= 15 is 0 Å². The van der Waals surface area contributed by atoms with E-state index in [4.69, 9.17) is 5.11 Å². The molecule has 29 heavy (non-hydrogen) atoms. The summed E-state index contributed by atoms with van der Waals surface area (Å²) in [6.45, 7) is 0.360. The molecule has 0 unspecified atom stereocenters. The smallest absolute Gasteiger partial charge is 0.335 e. The minimum atomic E-state index is -0.989. The molecule has 1 fully saturated rings. The number of carboxylic acids is 1. The zero-order chi connectivity index (χ0) is 20.6. The molecule has 3 N–H and O–H groups in total. The van der Waals surface area contributed by atoms with Crippen molar-refractivity contribution >= 4 is 23.5 Å². The summed E-state index contributed by atoms with van der Waals surface area (Å²) in [6.07, 6.45) is 5.52. The average Bonchev–Trinajstić information content (AvgIpc) is 2.73. The molecule has 2 aromatic rings. The maximum absolute atomic E-state index is 12.4. The monoisotopic (exact) mass is 394 g/mol. The minimum Gasteiger partial charge on any atom is -0.478 e. The highest BCUT2D eigenvalue weighted by atomic mass is 16.4. The first kappa shape index (κ1) is 20.6. The highest BCUT2D eigenvalue weighted by Gasteiger charge is 2.21. The van der Waals surface area contributed by atoms with Gasteiger partial charge in [-0.1, -0.05) is 43.5 Å². The molecule has 0 saturated heterocycles. The maximum atomic E-state index is 12.4. The second-order valence-corrected chi connectivity index (χ2v) is 7.48. The van der Waals surface area contributed by atoms with Gasteiger partial charge in [0.2, 0.25) is 11.8 Å².